The number of benzene rings is 1. The average molecular weight is 495 g/mol. The van der Waals surface area contributed by atoms with E-state index in [4.69, 9.17) is 21.3 Å². The van der Waals surface area contributed by atoms with Gasteiger partial charge in [0, 0.05) is 31.4 Å². The van der Waals surface area contributed by atoms with Crippen LogP contribution in [0, 0.1) is 5.92 Å². The van der Waals surface area contributed by atoms with Crippen LogP contribution >= 0.6 is 22.9 Å². The number of methoxy groups -OCH3 is 1. The minimum Gasteiger partial charge on any atom is -0.494 e. The molecule has 0 radical (unpaired) electrons. The third-order valence-corrected chi connectivity index (χ3v) is 8.37. The second kappa shape index (κ2) is 9.30. The molecule has 1 aromatic carbocycles. The van der Waals surface area contributed by atoms with Crippen LogP contribution < -0.4 is 9.64 Å². The molecule has 3 heterocycles. The first kappa shape index (κ1) is 22.9. The molecule has 1 aliphatic heterocycles. The molecule has 8 nitrogen and oxygen atoms in total. The van der Waals surface area contributed by atoms with E-state index in [0.717, 1.165) is 10.3 Å². The lowest BCUT2D eigenvalue weighted by Gasteiger charge is -2.32. The van der Waals surface area contributed by atoms with E-state index in [0.29, 0.717) is 53.9 Å². The van der Waals surface area contributed by atoms with E-state index >= 15 is 0 Å². The Morgan fingerprint density at radius 3 is 2.56 bits per heavy atom. The van der Waals surface area contributed by atoms with Gasteiger partial charge in [0.05, 0.1) is 29.6 Å². The number of pyridine rings is 1. The van der Waals surface area contributed by atoms with Crippen LogP contribution in [0.5, 0.6) is 5.75 Å². The Morgan fingerprint density at radius 1 is 1.25 bits per heavy atom. The van der Waals surface area contributed by atoms with Crippen molar-refractivity contribution in [1.29, 1.82) is 0 Å². The highest BCUT2D eigenvalue weighted by atomic mass is 35.5. The fourth-order valence-corrected chi connectivity index (χ4v) is 5.92. The SMILES string of the molecule is COc1ccc(Cl)c2sc(N(Cc3ccncc3)C(=O)C3CCN(S(C)(=O)=O)CC3)nc12. The number of fused-ring (bicyclic) bond motifs is 1. The van der Waals surface area contributed by atoms with Crippen LogP contribution in [0.15, 0.2) is 36.7 Å². The molecule has 2 aromatic heterocycles. The Balaban J connectivity index is 1.68. The third-order valence-electron chi connectivity index (χ3n) is 5.53. The van der Waals surface area contributed by atoms with Crippen LogP contribution in [-0.4, -0.2) is 55.1 Å². The fraction of sp³-hybridized carbons (Fsp3) is 0.381. The quantitative estimate of drug-likeness (QED) is 0.520. The molecule has 0 saturated carbocycles. The molecule has 0 unspecified atom stereocenters. The maximum Gasteiger partial charge on any atom is 0.232 e. The lowest BCUT2D eigenvalue weighted by molar-refractivity contribution is -0.123. The number of carbonyl (C=O) groups excluding carboxylic acids is 1. The monoisotopic (exact) mass is 494 g/mol. The lowest BCUT2D eigenvalue weighted by atomic mass is 9.96. The van der Waals surface area contributed by atoms with E-state index in [-0.39, 0.29) is 11.8 Å². The summed E-state index contributed by atoms with van der Waals surface area (Å²) in [5.41, 5.74) is 1.53. The molecule has 0 spiro atoms. The normalized spacial score (nSPS) is 15.7. The number of amides is 1. The van der Waals surface area contributed by atoms with E-state index in [1.165, 1.54) is 21.9 Å². The molecule has 0 bridgehead atoms. The molecular formula is C21H23ClN4O4S2. The maximum absolute atomic E-state index is 13.6. The predicted octanol–water partition coefficient (Wildman–Crippen LogP) is 3.56. The van der Waals surface area contributed by atoms with Gasteiger partial charge in [-0.3, -0.25) is 14.7 Å². The van der Waals surface area contributed by atoms with Gasteiger partial charge in [-0.1, -0.05) is 22.9 Å². The summed E-state index contributed by atoms with van der Waals surface area (Å²) in [6.45, 7) is 0.989. The standard InChI is InChI=1S/C21H23ClN4O4S2/c1-30-17-4-3-16(22)19-18(17)24-21(31-19)26(13-14-5-9-23-10-6-14)20(27)15-7-11-25(12-8-15)32(2,28)29/h3-6,9-10,15H,7-8,11-13H2,1-2H3. The van der Waals surface area contributed by atoms with Crippen LogP contribution in [-0.2, 0) is 21.4 Å². The molecule has 0 aliphatic carbocycles. The average Bonchev–Trinajstić information content (AvgIpc) is 3.24. The predicted molar refractivity (Wildman–Crippen MR) is 126 cm³/mol. The highest BCUT2D eigenvalue weighted by Crippen LogP contribution is 2.39. The number of anilines is 1. The molecule has 1 amide bonds. The summed E-state index contributed by atoms with van der Waals surface area (Å²) in [6, 6.07) is 7.21. The van der Waals surface area contributed by atoms with Gasteiger partial charge in [-0.2, -0.15) is 0 Å². The number of thiazole rings is 1. The summed E-state index contributed by atoms with van der Waals surface area (Å²) < 4.78 is 31.3. The van der Waals surface area contributed by atoms with Crippen LogP contribution in [0.4, 0.5) is 5.13 Å². The molecule has 11 heteroatoms. The first-order valence-electron chi connectivity index (χ1n) is 10.1. The van der Waals surface area contributed by atoms with Crippen LogP contribution in [0.3, 0.4) is 0 Å². The van der Waals surface area contributed by atoms with Gasteiger partial charge in [0.2, 0.25) is 15.9 Å². The van der Waals surface area contributed by atoms with Gasteiger partial charge in [0.15, 0.2) is 5.13 Å². The number of hydrogen-bond acceptors (Lipinski definition) is 7. The molecule has 1 fully saturated rings. The smallest absolute Gasteiger partial charge is 0.232 e. The zero-order chi connectivity index (χ0) is 22.9. The van der Waals surface area contributed by atoms with Crippen molar-refractivity contribution in [3.8, 4) is 5.75 Å². The second-order valence-corrected chi connectivity index (χ2v) is 11.0. The highest BCUT2D eigenvalue weighted by molar-refractivity contribution is 7.88. The molecule has 170 valence electrons. The topological polar surface area (TPSA) is 92.7 Å². The van der Waals surface area contributed by atoms with Crippen molar-refractivity contribution in [2.45, 2.75) is 19.4 Å². The molecule has 1 saturated heterocycles. The summed E-state index contributed by atoms with van der Waals surface area (Å²) in [5, 5.41) is 1.07. The van der Waals surface area contributed by atoms with Crippen molar-refractivity contribution in [1.82, 2.24) is 14.3 Å². The Hall–Kier alpha value is -2.27. The number of hydrogen-bond donors (Lipinski definition) is 0. The summed E-state index contributed by atoms with van der Waals surface area (Å²) in [6.07, 6.45) is 5.49. The summed E-state index contributed by atoms with van der Waals surface area (Å²) in [5.74, 6) is 0.216. The summed E-state index contributed by atoms with van der Waals surface area (Å²) in [4.78, 5) is 24.0. The number of halogens is 1. The number of aromatic nitrogens is 2. The van der Waals surface area contributed by atoms with Gasteiger partial charge < -0.3 is 4.74 Å². The van der Waals surface area contributed by atoms with Crippen molar-refractivity contribution in [3.63, 3.8) is 0 Å². The number of nitrogens with zero attached hydrogens (tertiary/aromatic N) is 4. The molecule has 4 rings (SSSR count). The lowest BCUT2D eigenvalue weighted by Crippen LogP contribution is -2.44. The molecule has 0 atom stereocenters. The van der Waals surface area contributed by atoms with Crippen LogP contribution in [0.25, 0.3) is 10.2 Å². The van der Waals surface area contributed by atoms with Crippen LogP contribution in [0.2, 0.25) is 5.02 Å². The van der Waals surface area contributed by atoms with E-state index in [9.17, 15) is 13.2 Å². The first-order chi connectivity index (χ1) is 15.3. The number of sulfonamides is 1. The largest absolute Gasteiger partial charge is 0.494 e. The molecule has 1 aliphatic rings. The summed E-state index contributed by atoms with van der Waals surface area (Å²) in [7, 11) is -1.70. The Kier molecular flexibility index (Phi) is 6.66. The van der Waals surface area contributed by atoms with Crippen molar-refractivity contribution in [2.24, 2.45) is 5.92 Å². The van der Waals surface area contributed by atoms with E-state index in [1.54, 1.807) is 36.5 Å². The molecule has 3 aromatic rings. The number of rotatable bonds is 6. The fourth-order valence-electron chi connectivity index (χ4n) is 3.79. The van der Waals surface area contributed by atoms with Gasteiger partial charge in [-0.05, 0) is 42.7 Å². The van der Waals surface area contributed by atoms with E-state index < -0.39 is 10.0 Å². The van der Waals surface area contributed by atoms with E-state index in [1.807, 2.05) is 12.1 Å². The van der Waals surface area contributed by atoms with Gasteiger partial charge in [-0.25, -0.2) is 17.7 Å². The zero-order valence-electron chi connectivity index (χ0n) is 17.7. The number of carbonyl (C=O) groups is 1. The minimum absolute atomic E-state index is 0.0795. The van der Waals surface area contributed by atoms with Gasteiger partial charge in [0.25, 0.3) is 0 Å². The molecule has 32 heavy (non-hydrogen) atoms. The van der Waals surface area contributed by atoms with Gasteiger partial charge >= 0.3 is 0 Å². The number of piperidine rings is 1. The molecular weight excluding hydrogens is 472 g/mol. The third kappa shape index (κ3) is 4.73. The maximum atomic E-state index is 13.6. The second-order valence-electron chi connectivity index (χ2n) is 7.64. The van der Waals surface area contributed by atoms with Crippen LogP contribution in [0.1, 0.15) is 18.4 Å². The van der Waals surface area contributed by atoms with Gasteiger partial charge in [0.1, 0.15) is 11.3 Å². The Morgan fingerprint density at radius 2 is 1.94 bits per heavy atom. The van der Waals surface area contributed by atoms with Gasteiger partial charge in [-0.15, -0.1) is 0 Å². The first-order valence-corrected chi connectivity index (χ1v) is 13.1. The van der Waals surface area contributed by atoms with Crippen molar-refractivity contribution in [3.05, 3.63) is 47.2 Å². The Labute approximate surface area is 195 Å². The summed E-state index contributed by atoms with van der Waals surface area (Å²) >= 11 is 7.73. The van der Waals surface area contributed by atoms with Crippen molar-refractivity contribution in [2.75, 3.05) is 31.4 Å². The van der Waals surface area contributed by atoms with E-state index in [2.05, 4.69) is 4.98 Å². The molecule has 0 N–H and O–H groups in total. The highest BCUT2D eigenvalue weighted by Gasteiger charge is 2.33. The van der Waals surface area contributed by atoms with Crippen molar-refractivity contribution >= 4 is 54.2 Å². The number of ether oxygens (including phenoxy) is 1. The minimum atomic E-state index is -3.26. The zero-order valence-corrected chi connectivity index (χ0v) is 20.1. The van der Waals surface area contributed by atoms with Crippen molar-refractivity contribution < 1.29 is 17.9 Å². The Bertz CT molecular complexity index is 1230.